The molecule has 1 fully saturated rings. The van der Waals surface area contributed by atoms with E-state index in [2.05, 4.69) is 25.8 Å². The van der Waals surface area contributed by atoms with Crippen LogP contribution in [0.4, 0.5) is 0 Å². The van der Waals surface area contributed by atoms with Gasteiger partial charge in [-0.1, -0.05) is 27.2 Å². The molecule has 6 heteroatoms. The molecule has 0 radical (unpaired) electrons. The number of hydrogen-bond acceptors (Lipinski definition) is 4. The number of aromatic nitrogens is 1. The van der Waals surface area contributed by atoms with E-state index in [4.69, 9.17) is 4.74 Å². The van der Waals surface area contributed by atoms with Crippen LogP contribution in [0.3, 0.4) is 0 Å². The maximum atomic E-state index is 13.2. The second-order valence-electron chi connectivity index (χ2n) is 7.48. The summed E-state index contributed by atoms with van der Waals surface area (Å²) in [6, 6.07) is 1.50. The molecule has 0 aromatic carbocycles. The summed E-state index contributed by atoms with van der Waals surface area (Å²) in [5.41, 5.74) is -0.258. The quantitative estimate of drug-likeness (QED) is 0.785. The fraction of sp³-hybridized carbons (Fsp3) is 0.684. The van der Waals surface area contributed by atoms with Gasteiger partial charge in [-0.15, -0.1) is 0 Å². The van der Waals surface area contributed by atoms with Crippen LogP contribution < -0.4 is 15.2 Å². The lowest BCUT2D eigenvalue weighted by atomic mass is 9.89. The molecular formula is C19H29N3O3. The second-order valence-corrected chi connectivity index (χ2v) is 7.48. The van der Waals surface area contributed by atoms with E-state index >= 15 is 0 Å². The highest BCUT2D eigenvalue weighted by molar-refractivity contribution is 5.97. The molecule has 1 amide bonds. The van der Waals surface area contributed by atoms with Gasteiger partial charge in [0.15, 0.2) is 11.4 Å². The molecule has 0 saturated heterocycles. The highest BCUT2D eigenvalue weighted by Gasteiger charge is 2.55. The fourth-order valence-corrected chi connectivity index (χ4v) is 4.45. The standard InChI is InChI=1S/C19H29N3O3/c1-6-7-12-25-17-15(23)9-11-22-16(17)18(24)20(4)19(21(22)5)10-8-13(2)14(19)3/h9,11,13-14H,6-8,10,12H2,1-5H3/t13-,14?,19?/m0/s1. The first-order chi connectivity index (χ1) is 11.9. The third kappa shape index (κ3) is 2.45. The van der Waals surface area contributed by atoms with Gasteiger partial charge in [0.2, 0.25) is 5.43 Å². The Bertz CT molecular complexity index is 729. The van der Waals surface area contributed by atoms with Gasteiger partial charge in [-0.25, -0.2) is 0 Å². The van der Waals surface area contributed by atoms with Crippen LogP contribution in [-0.2, 0) is 0 Å². The van der Waals surface area contributed by atoms with Crippen molar-refractivity contribution in [2.24, 2.45) is 11.8 Å². The summed E-state index contributed by atoms with van der Waals surface area (Å²) in [4.78, 5) is 27.4. The Labute approximate surface area is 149 Å². The summed E-state index contributed by atoms with van der Waals surface area (Å²) < 4.78 is 7.55. The molecule has 3 rings (SSSR count). The minimum absolute atomic E-state index is 0.136. The van der Waals surface area contributed by atoms with Crippen LogP contribution >= 0.6 is 0 Å². The van der Waals surface area contributed by atoms with E-state index in [1.54, 1.807) is 6.20 Å². The molecule has 2 unspecified atom stereocenters. The van der Waals surface area contributed by atoms with Crippen LogP contribution in [0, 0.1) is 11.8 Å². The van der Waals surface area contributed by atoms with Crippen LogP contribution in [0.15, 0.2) is 17.1 Å². The van der Waals surface area contributed by atoms with Crippen molar-refractivity contribution >= 4 is 5.91 Å². The number of pyridine rings is 1. The maximum absolute atomic E-state index is 13.2. The summed E-state index contributed by atoms with van der Waals surface area (Å²) in [6.45, 7) is 6.97. The van der Waals surface area contributed by atoms with Gasteiger partial charge in [-0.3, -0.25) is 19.3 Å². The SMILES string of the molecule is CCCCOc1c2n(ccc1=O)N(C)C1(CC[C@H](C)C1C)N(C)C2=O. The van der Waals surface area contributed by atoms with Crippen molar-refractivity contribution in [2.75, 3.05) is 25.7 Å². The van der Waals surface area contributed by atoms with Gasteiger partial charge in [0, 0.05) is 32.3 Å². The molecule has 1 saturated carbocycles. The van der Waals surface area contributed by atoms with Crippen LogP contribution in [0.2, 0.25) is 0 Å². The monoisotopic (exact) mass is 347 g/mol. The molecule has 2 aliphatic rings. The Balaban J connectivity index is 2.11. The molecule has 6 nitrogen and oxygen atoms in total. The van der Waals surface area contributed by atoms with Gasteiger partial charge in [0.1, 0.15) is 5.66 Å². The molecule has 3 atom stereocenters. The summed E-state index contributed by atoms with van der Waals surface area (Å²) >= 11 is 0. The first-order valence-electron chi connectivity index (χ1n) is 9.27. The van der Waals surface area contributed by atoms with E-state index in [1.807, 2.05) is 23.7 Å². The molecule has 138 valence electrons. The number of unbranched alkanes of at least 4 members (excludes halogenated alkanes) is 1. The van der Waals surface area contributed by atoms with Crippen molar-refractivity contribution < 1.29 is 9.53 Å². The van der Waals surface area contributed by atoms with E-state index in [0.717, 1.165) is 25.7 Å². The maximum Gasteiger partial charge on any atom is 0.278 e. The van der Waals surface area contributed by atoms with Crippen molar-refractivity contribution in [1.29, 1.82) is 0 Å². The number of amides is 1. The lowest BCUT2D eigenvalue weighted by Crippen LogP contribution is -2.69. The zero-order valence-corrected chi connectivity index (χ0v) is 15.9. The number of carbonyl (C=O) groups is 1. The molecule has 1 aromatic rings. The Hall–Kier alpha value is -1.98. The Morgan fingerprint density at radius 2 is 2.00 bits per heavy atom. The number of rotatable bonds is 4. The summed E-state index contributed by atoms with van der Waals surface area (Å²) in [5, 5.41) is 2.12. The average Bonchev–Trinajstić information content (AvgIpc) is 2.89. The van der Waals surface area contributed by atoms with Crippen LogP contribution in [0.5, 0.6) is 5.75 Å². The molecule has 1 aromatic heterocycles. The van der Waals surface area contributed by atoms with Crippen LogP contribution in [0.1, 0.15) is 56.9 Å². The predicted molar refractivity (Wildman–Crippen MR) is 97.6 cm³/mol. The van der Waals surface area contributed by atoms with Gasteiger partial charge < -0.3 is 9.64 Å². The number of ether oxygens (including phenoxy) is 1. The lowest BCUT2D eigenvalue weighted by Gasteiger charge is -2.54. The van der Waals surface area contributed by atoms with Gasteiger partial charge >= 0.3 is 0 Å². The summed E-state index contributed by atoms with van der Waals surface area (Å²) in [6.07, 6.45) is 5.53. The van der Waals surface area contributed by atoms with Gasteiger partial charge in [0.05, 0.1) is 6.61 Å². The van der Waals surface area contributed by atoms with E-state index in [-0.39, 0.29) is 22.7 Å². The molecule has 1 aliphatic carbocycles. The lowest BCUT2D eigenvalue weighted by molar-refractivity contribution is 0.0229. The first kappa shape index (κ1) is 17.8. The Morgan fingerprint density at radius 1 is 1.28 bits per heavy atom. The number of nitrogens with zero attached hydrogens (tertiary/aromatic N) is 3. The van der Waals surface area contributed by atoms with E-state index < -0.39 is 0 Å². The molecule has 25 heavy (non-hydrogen) atoms. The summed E-state index contributed by atoms with van der Waals surface area (Å²) in [7, 11) is 3.85. The van der Waals surface area contributed by atoms with E-state index in [0.29, 0.717) is 24.1 Å². The zero-order chi connectivity index (χ0) is 18.4. The van der Waals surface area contributed by atoms with E-state index in [1.165, 1.54) is 6.07 Å². The highest BCUT2D eigenvalue weighted by atomic mass is 16.5. The van der Waals surface area contributed by atoms with Crippen LogP contribution in [0.25, 0.3) is 0 Å². The average molecular weight is 347 g/mol. The number of carbonyl (C=O) groups excluding carboxylic acids is 1. The summed E-state index contributed by atoms with van der Waals surface area (Å²) in [5.74, 6) is 0.916. The fourth-order valence-electron chi connectivity index (χ4n) is 4.45. The molecule has 0 bridgehead atoms. The van der Waals surface area contributed by atoms with Crippen molar-refractivity contribution in [3.05, 3.63) is 28.2 Å². The van der Waals surface area contributed by atoms with Crippen molar-refractivity contribution in [2.45, 2.75) is 52.1 Å². The Kier molecular flexibility index (Phi) is 4.56. The molecule has 2 heterocycles. The third-order valence-electron chi connectivity index (χ3n) is 6.30. The smallest absolute Gasteiger partial charge is 0.278 e. The molecule has 1 aliphatic heterocycles. The van der Waals surface area contributed by atoms with Crippen molar-refractivity contribution in [1.82, 2.24) is 9.58 Å². The number of fused-ring (bicyclic) bond motifs is 1. The largest absolute Gasteiger partial charge is 0.487 e. The van der Waals surface area contributed by atoms with Crippen molar-refractivity contribution in [3.8, 4) is 5.75 Å². The van der Waals surface area contributed by atoms with Gasteiger partial charge in [-0.2, -0.15) is 0 Å². The normalized spacial score (nSPS) is 28.6. The van der Waals surface area contributed by atoms with Crippen molar-refractivity contribution in [3.63, 3.8) is 0 Å². The third-order valence-corrected chi connectivity index (χ3v) is 6.30. The molecule has 0 N–H and O–H groups in total. The Morgan fingerprint density at radius 3 is 2.60 bits per heavy atom. The topological polar surface area (TPSA) is 54.8 Å². The minimum Gasteiger partial charge on any atom is -0.487 e. The van der Waals surface area contributed by atoms with Gasteiger partial charge in [0.25, 0.3) is 5.91 Å². The minimum atomic E-state index is -0.362. The van der Waals surface area contributed by atoms with E-state index in [9.17, 15) is 9.59 Å². The zero-order valence-electron chi connectivity index (χ0n) is 15.9. The first-order valence-corrected chi connectivity index (χ1v) is 9.27. The second kappa shape index (κ2) is 6.39. The number of hydrogen-bond donors (Lipinski definition) is 0. The molecular weight excluding hydrogens is 318 g/mol. The predicted octanol–water partition coefficient (Wildman–Crippen LogP) is 2.44. The van der Waals surface area contributed by atoms with Crippen LogP contribution in [-0.4, -0.2) is 41.8 Å². The highest BCUT2D eigenvalue weighted by Crippen LogP contribution is 2.47. The molecule has 1 spiro atoms. The van der Waals surface area contributed by atoms with Gasteiger partial charge in [-0.05, 0) is 25.2 Å².